The van der Waals surface area contributed by atoms with E-state index >= 15 is 0 Å². The molecule has 0 aliphatic carbocycles. The Morgan fingerprint density at radius 1 is 1.32 bits per heavy atom. The normalized spacial score (nSPS) is 21.2. The number of nitrogens with two attached hydrogens (primary N) is 1. The molecule has 1 aliphatic rings. The molecule has 1 saturated heterocycles. The molecule has 1 unspecified atom stereocenters. The summed E-state index contributed by atoms with van der Waals surface area (Å²) in [5.74, 6) is -1.08. The van der Waals surface area contributed by atoms with Gasteiger partial charge in [0.05, 0.1) is 10.5 Å². The summed E-state index contributed by atoms with van der Waals surface area (Å²) in [5, 5.41) is 8.79. The first kappa shape index (κ1) is 14.0. The molecular formula is C12H16N2O4S. The predicted molar refractivity (Wildman–Crippen MR) is 69.4 cm³/mol. The summed E-state index contributed by atoms with van der Waals surface area (Å²) >= 11 is 0. The summed E-state index contributed by atoms with van der Waals surface area (Å²) in [5.41, 5.74) is 5.84. The molecule has 7 heteroatoms. The van der Waals surface area contributed by atoms with Crippen LogP contribution < -0.4 is 5.73 Å². The molecule has 19 heavy (non-hydrogen) atoms. The molecule has 2 rings (SSSR count). The second kappa shape index (κ2) is 5.28. The monoisotopic (exact) mass is 284 g/mol. The van der Waals surface area contributed by atoms with Crippen molar-refractivity contribution in [1.82, 2.24) is 4.31 Å². The largest absolute Gasteiger partial charge is 0.478 e. The standard InChI is InChI=1S/C12H16N2O4S/c13-10-2-1-7-14(8-10)19(17,18)11-5-3-9(4-6-11)12(15)16/h3-6,10H,1-2,7-8,13H2,(H,15,16). The van der Waals surface area contributed by atoms with Crippen LogP contribution in [0.1, 0.15) is 23.2 Å². The Kier molecular flexibility index (Phi) is 3.88. The zero-order chi connectivity index (χ0) is 14.0. The highest BCUT2D eigenvalue weighted by Crippen LogP contribution is 2.20. The Hall–Kier alpha value is -1.44. The van der Waals surface area contributed by atoms with Gasteiger partial charge in [0.2, 0.25) is 10.0 Å². The number of carbonyl (C=O) groups is 1. The Morgan fingerprint density at radius 2 is 1.95 bits per heavy atom. The van der Waals surface area contributed by atoms with Crippen LogP contribution in [0, 0.1) is 0 Å². The third-order valence-corrected chi connectivity index (χ3v) is 5.04. The van der Waals surface area contributed by atoms with E-state index in [1.54, 1.807) is 0 Å². The van der Waals surface area contributed by atoms with Crippen molar-refractivity contribution >= 4 is 16.0 Å². The Labute approximate surface area is 111 Å². The van der Waals surface area contributed by atoms with Crippen LogP contribution in [0.5, 0.6) is 0 Å². The quantitative estimate of drug-likeness (QED) is 0.841. The fraction of sp³-hybridized carbons (Fsp3) is 0.417. The number of rotatable bonds is 3. The lowest BCUT2D eigenvalue weighted by molar-refractivity contribution is 0.0696. The fourth-order valence-electron chi connectivity index (χ4n) is 2.11. The molecule has 1 heterocycles. The zero-order valence-electron chi connectivity index (χ0n) is 10.3. The topological polar surface area (TPSA) is 101 Å². The molecule has 1 aromatic carbocycles. The maximum Gasteiger partial charge on any atom is 0.335 e. The molecule has 0 aromatic heterocycles. The number of sulfonamides is 1. The molecule has 1 aliphatic heterocycles. The van der Waals surface area contributed by atoms with Crippen molar-refractivity contribution in [2.45, 2.75) is 23.8 Å². The Bertz CT molecular complexity index is 568. The van der Waals surface area contributed by atoms with Crippen molar-refractivity contribution in [3.8, 4) is 0 Å². The maximum absolute atomic E-state index is 12.3. The van der Waals surface area contributed by atoms with E-state index in [0.29, 0.717) is 13.1 Å². The van der Waals surface area contributed by atoms with Crippen LogP contribution >= 0.6 is 0 Å². The number of piperidine rings is 1. The number of hydrogen-bond donors (Lipinski definition) is 2. The highest BCUT2D eigenvalue weighted by Gasteiger charge is 2.28. The number of aromatic carboxylic acids is 1. The number of hydrogen-bond acceptors (Lipinski definition) is 4. The van der Waals surface area contributed by atoms with Crippen molar-refractivity contribution in [3.05, 3.63) is 29.8 Å². The fourth-order valence-corrected chi connectivity index (χ4v) is 3.65. The lowest BCUT2D eigenvalue weighted by Gasteiger charge is -2.29. The molecule has 0 amide bonds. The van der Waals surface area contributed by atoms with Gasteiger partial charge in [0, 0.05) is 19.1 Å². The van der Waals surface area contributed by atoms with Gasteiger partial charge in [0.1, 0.15) is 0 Å². The van der Waals surface area contributed by atoms with E-state index < -0.39 is 16.0 Å². The first-order valence-corrected chi connectivity index (χ1v) is 7.44. The lowest BCUT2D eigenvalue weighted by atomic mass is 10.1. The Balaban J connectivity index is 2.26. The van der Waals surface area contributed by atoms with Gasteiger partial charge in [-0.25, -0.2) is 13.2 Å². The first-order chi connectivity index (χ1) is 8.91. The number of nitrogens with zero attached hydrogens (tertiary/aromatic N) is 1. The second-order valence-electron chi connectivity index (χ2n) is 4.59. The molecule has 6 nitrogen and oxygen atoms in total. The molecule has 1 fully saturated rings. The highest BCUT2D eigenvalue weighted by atomic mass is 32.2. The summed E-state index contributed by atoms with van der Waals surface area (Å²) in [6.07, 6.45) is 1.57. The molecule has 0 saturated carbocycles. The summed E-state index contributed by atoms with van der Waals surface area (Å²) in [7, 11) is -3.58. The minimum atomic E-state index is -3.58. The van der Waals surface area contributed by atoms with Crippen molar-refractivity contribution in [2.24, 2.45) is 5.73 Å². The van der Waals surface area contributed by atoms with Gasteiger partial charge < -0.3 is 10.8 Å². The summed E-state index contributed by atoms with van der Waals surface area (Å²) in [6.45, 7) is 0.764. The van der Waals surface area contributed by atoms with Gasteiger partial charge in [-0.2, -0.15) is 4.31 Å². The molecular weight excluding hydrogens is 268 g/mol. The molecule has 3 N–H and O–H groups in total. The van der Waals surface area contributed by atoms with Crippen LogP contribution in [-0.2, 0) is 10.0 Å². The summed E-state index contributed by atoms with van der Waals surface area (Å²) in [6, 6.07) is 5.08. The molecule has 104 valence electrons. The van der Waals surface area contributed by atoms with Gasteiger partial charge in [0.15, 0.2) is 0 Å². The van der Waals surface area contributed by atoms with E-state index in [1.807, 2.05) is 0 Å². The van der Waals surface area contributed by atoms with Crippen LogP contribution in [0.25, 0.3) is 0 Å². The third kappa shape index (κ3) is 2.94. The minimum absolute atomic E-state index is 0.0642. The van der Waals surface area contributed by atoms with E-state index in [1.165, 1.54) is 28.6 Å². The Morgan fingerprint density at radius 3 is 2.47 bits per heavy atom. The number of carboxylic acid groups (broad SMARTS) is 1. The number of benzene rings is 1. The van der Waals surface area contributed by atoms with Gasteiger partial charge in [0.25, 0.3) is 0 Å². The van der Waals surface area contributed by atoms with Gasteiger partial charge in [-0.15, -0.1) is 0 Å². The minimum Gasteiger partial charge on any atom is -0.478 e. The number of carboxylic acids is 1. The van der Waals surface area contributed by atoms with Gasteiger partial charge >= 0.3 is 5.97 Å². The van der Waals surface area contributed by atoms with Crippen LogP contribution in [-0.4, -0.2) is 42.9 Å². The smallest absolute Gasteiger partial charge is 0.335 e. The van der Waals surface area contributed by atoms with Gasteiger partial charge in [-0.05, 0) is 37.1 Å². The van der Waals surface area contributed by atoms with E-state index in [2.05, 4.69) is 0 Å². The average molecular weight is 284 g/mol. The molecule has 0 radical (unpaired) electrons. The zero-order valence-corrected chi connectivity index (χ0v) is 11.1. The maximum atomic E-state index is 12.3. The van der Waals surface area contributed by atoms with Crippen molar-refractivity contribution in [1.29, 1.82) is 0 Å². The molecule has 0 spiro atoms. The van der Waals surface area contributed by atoms with Crippen LogP contribution in [0.3, 0.4) is 0 Å². The first-order valence-electron chi connectivity index (χ1n) is 6.00. The molecule has 1 aromatic rings. The van der Waals surface area contributed by atoms with Crippen molar-refractivity contribution in [3.63, 3.8) is 0 Å². The molecule has 1 atom stereocenters. The van der Waals surface area contributed by atoms with Crippen molar-refractivity contribution < 1.29 is 18.3 Å². The predicted octanol–water partition coefficient (Wildman–Crippen LogP) is 0.497. The van der Waals surface area contributed by atoms with Gasteiger partial charge in [-0.1, -0.05) is 0 Å². The summed E-state index contributed by atoms with van der Waals surface area (Å²) < 4.78 is 26.0. The van der Waals surface area contributed by atoms with Crippen LogP contribution in [0.4, 0.5) is 0 Å². The second-order valence-corrected chi connectivity index (χ2v) is 6.53. The third-order valence-electron chi connectivity index (χ3n) is 3.16. The molecule has 0 bridgehead atoms. The van der Waals surface area contributed by atoms with Crippen LogP contribution in [0.15, 0.2) is 29.2 Å². The van der Waals surface area contributed by atoms with Crippen molar-refractivity contribution in [2.75, 3.05) is 13.1 Å². The van der Waals surface area contributed by atoms with Gasteiger partial charge in [-0.3, -0.25) is 0 Å². The van der Waals surface area contributed by atoms with E-state index in [0.717, 1.165) is 12.8 Å². The average Bonchev–Trinajstić information content (AvgIpc) is 2.39. The lowest BCUT2D eigenvalue weighted by Crippen LogP contribution is -2.45. The highest BCUT2D eigenvalue weighted by molar-refractivity contribution is 7.89. The van der Waals surface area contributed by atoms with E-state index in [4.69, 9.17) is 10.8 Å². The summed E-state index contributed by atoms with van der Waals surface area (Å²) in [4.78, 5) is 10.8. The van der Waals surface area contributed by atoms with E-state index in [-0.39, 0.29) is 16.5 Å². The van der Waals surface area contributed by atoms with Crippen LogP contribution in [0.2, 0.25) is 0 Å². The SMILES string of the molecule is NC1CCCN(S(=O)(=O)c2ccc(C(=O)O)cc2)C1. The van der Waals surface area contributed by atoms with E-state index in [9.17, 15) is 13.2 Å².